The average Bonchev–Trinajstić information content (AvgIpc) is 2.26. The second-order valence-electron chi connectivity index (χ2n) is 4.82. The second kappa shape index (κ2) is 5.32. The van der Waals surface area contributed by atoms with E-state index in [2.05, 4.69) is 36.1 Å². The molecule has 0 spiro atoms. The third-order valence-corrected chi connectivity index (χ3v) is 2.82. The maximum Gasteiger partial charge on any atom is 0.0609 e. The molecule has 1 rings (SSSR count). The van der Waals surface area contributed by atoms with Gasteiger partial charge in [-0.15, -0.1) is 0 Å². The van der Waals surface area contributed by atoms with E-state index < -0.39 is 5.54 Å². The first-order valence-corrected chi connectivity index (χ1v) is 5.62. The highest BCUT2D eigenvalue weighted by Gasteiger charge is 2.17. The van der Waals surface area contributed by atoms with Gasteiger partial charge in [0.2, 0.25) is 0 Å². The molecule has 90 valence electrons. The molecule has 3 heteroatoms. The van der Waals surface area contributed by atoms with Crippen molar-refractivity contribution < 1.29 is 5.11 Å². The van der Waals surface area contributed by atoms with E-state index in [1.807, 2.05) is 14.0 Å². The van der Waals surface area contributed by atoms with Crippen LogP contribution in [0.2, 0.25) is 0 Å². The first-order valence-electron chi connectivity index (χ1n) is 5.62. The zero-order chi connectivity index (χ0) is 12.2. The van der Waals surface area contributed by atoms with Crippen LogP contribution in [0.3, 0.4) is 0 Å². The molecule has 0 amide bonds. The number of hydrogen-bond acceptors (Lipinski definition) is 3. The van der Waals surface area contributed by atoms with Crippen LogP contribution >= 0.6 is 0 Å². The van der Waals surface area contributed by atoms with Gasteiger partial charge in [0.15, 0.2) is 0 Å². The van der Waals surface area contributed by atoms with Gasteiger partial charge in [-0.05, 0) is 38.0 Å². The molecule has 1 atom stereocenters. The number of nitrogens with zero attached hydrogens (tertiary/aromatic N) is 1. The van der Waals surface area contributed by atoms with Crippen molar-refractivity contribution in [2.24, 2.45) is 5.73 Å². The zero-order valence-electron chi connectivity index (χ0n) is 10.4. The maximum atomic E-state index is 9.08. The Morgan fingerprint density at radius 1 is 1.44 bits per heavy atom. The van der Waals surface area contributed by atoms with Gasteiger partial charge < -0.3 is 15.7 Å². The van der Waals surface area contributed by atoms with Gasteiger partial charge in [0.25, 0.3) is 0 Å². The maximum absolute atomic E-state index is 9.08. The molecule has 0 saturated heterocycles. The number of benzene rings is 1. The van der Waals surface area contributed by atoms with Crippen LogP contribution in [-0.2, 0) is 0 Å². The van der Waals surface area contributed by atoms with Crippen molar-refractivity contribution in [1.82, 2.24) is 0 Å². The summed E-state index contributed by atoms with van der Waals surface area (Å²) in [6, 6.07) is 8.36. The average molecular weight is 222 g/mol. The van der Waals surface area contributed by atoms with E-state index in [1.54, 1.807) is 0 Å². The molecule has 3 nitrogen and oxygen atoms in total. The van der Waals surface area contributed by atoms with Gasteiger partial charge in [-0.2, -0.15) is 0 Å². The smallest absolute Gasteiger partial charge is 0.0609 e. The van der Waals surface area contributed by atoms with Gasteiger partial charge in [0, 0.05) is 24.8 Å². The molecular formula is C13H22N2O. The lowest BCUT2D eigenvalue weighted by Gasteiger charge is -2.26. The molecule has 0 heterocycles. The van der Waals surface area contributed by atoms with Crippen molar-refractivity contribution >= 4 is 5.69 Å². The second-order valence-corrected chi connectivity index (χ2v) is 4.82. The van der Waals surface area contributed by atoms with Crippen LogP contribution in [0.25, 0.3) is 0 Å². The van der Waals surface area contributed by atoms with Gasteiger partial charge >= 0.3 is 0 Å². The molecule has 0 saturated carbocycles. The van der Waals surface area contributed by atoms with Crippen LogP contribution in [0.15, 0.2) is 24.3 Å². The Morgan fingerprint density at radius 3 is 2.69 bits per heavy atom. The van der Waals surface area contributed by atoms with Gasteiger partial charge in [-0.1, -0.05) is 12.1 Å². The number of aryl methyl sites for hydroxylation is 1. The minimum absolute atomic E-state index is 0.0225. The molecule has 0 bridgehead atoms. The Labute approximate surface area is 97.9 Å². The molecule has 0 aromatic heterocycles. The van der Waals surface area contributed by atoms with E-state index in [1.165, 1.54) is 11.3 Å². The van der Waals surface area contributed by atoms with Crippen LogP contribution in [0.5, 0.6) is 0 Å². The van der Waals surface area contributed by atoms with Gasteiger partial charge in [-0.3, -0.25) is 0 Å². The molecule has 16 heavy (non-hydrogen) atoms. The predicted octanol–water partition coefficient (Wildman–Crippen LogP) is 1.53. The highest BCUT2D eigenvalue weighted by atomic mass is 16.3. The lowest BCUT2D eigenvalue weighted by atomic mass is 10.0. The van der Waals surface area contributed by atoms with E-state index >= 15 is 0 Å². The standard InChI is InChI=1S/C13H22N2O/c1-11-5-4-6-12(9-11)15(3)8-7-13(2,14)10-16/h4-6,9,16H,7-8,10,14H2,1-3H3. The van der Waals surface area contributed by atoms with Crippen molar-refractivity contribution in [3.05, 3.63) is 29.8 Å². The number of anilines is 1. The third kappa shape index (κ3) is 3.83. The SMILES string of the molecule is Cc1cccc(N(C)CCC(C)(N)CO)c1. The minimum Gasteiger partial charge on any atom is -0.394 e. The van der Waals surface area contributed by atoms with E-state index in [-0.39, 0.29) is 6.61 Å². The van der Waals surface area contributed by atoms with Crippen LogP contribution in [0.1, 0.15) is 18.9 Å². The van der Waals surface area contributed by atoms with E-state index in [0.29, 0.717) is 0 Å². The van der Waals surface area contributed by atoms with Crippen LogP contribution in [0.4, 0.5) is 5.69 Å². The fraction of sp³-hybridized carbons (Fsp3) is 0.538. The predicted molar refractivity (Wildman–Crippen MR) is 68.7 cm³/mol. The largest absolute Gasteiger partial charge is 0.394 e. The summed E-state index contributed by atoms with van der Waals surface area (Å²) in [7, 11) is 2.04. The minimum atomic E-state index is -0.488. The summed E-state index contributed by atoms with van der Waals surface area (Å²) in [5.74, 6) is 0. The Bertz CT molecular complexity index is 336. The zero-order valence-corrected chi connectivity index (χ0v) is 10.4. The third-order valence-electron chi connectivity index (χ3n) is 2.82. The Kier molecular flexibility index (Phi) is 4.33. The highest BCUT2D eigenvalue weighted by molar-refractivity contribution is 5.47. The van der Waals surface area contributed by atoms with Crippen molar-refractivity contribution in [3.8, 4) is 0 Å². The summed E-state index contributed by atoms with van der Waals surface area (Å²) in [4.78, 5) is 2.16. The molecule has 3 N–H and O–H groups in total. The first kappa shape index (κ1) is 13.0. The van der Waals surface area contributed by atoms with Gasteiger partial charge in [-0.25, -0.2) is 0 Å². The molecule has 0 aliphatic carbocycles. The fourth-order valence-electron chi connectivity index (χ4n) is 1.50. The van der Waals surface area contributed by atoms with Crippen LogP contribution in [0, 0.1) is 6.92 Å². The quantitative estimate of drug-likeness (QED) is 0.794. The topological polar surface area (TPSA) is 49.5 Å². The van der Waals surface area contributed by atoms with Crippen LogP contribution < -0.4 is 10.6 Å². The Hall–Kier alpha value is -1.06. The Morgan fingerprint density at radius 2 is 2.12 bits per heavy atom. The summed E-state index contributed by atoms with van der Waals surface area (Å²) in [6.07, 6.45) is 0.772. The summed E-state index contributed by atoms with van der Waals surface area (Å²) in [5.41, 5.74) is 7.85. The lowest BCUT2D eigenvalue weighted by Crippen LogP contribution is -2.43. The van der Waals surface area contributed by atoms with E-state index in [0.717, 1.165) is 13.0 Å². The molecule has 1 aromatic rings. The first-order chi connectivity index (χ1) is 7.44. The number of aliphatic hydroxyl groups excluding tert-OH is 1. The molecular weight excluding hydrogens is 200 g/mol. The van der Waals surface area contributed by atoms with Crippen molar-refractivity contribution in [2.75, 3.05) is 25.1 Å². The molecule has 0 fully saturated rings. The number of nitrogens with two attached hydrogens (primary N) is 1. The van der Waals surface area contributed by atoms with Crippen molar-refractivity contribution in [2.45, 2.75) is 25.8 Å². The lowest BCUT2D eigenvalue weighted by molar-refractivity contribution is 0.202. The van der Waals surface area contributed by atoms with Crippen molar-refractivity contribution in [3.63, 3.8) is 0 Å². The highest BCUT2D eigenvalue weighted by Crippen LogP contribution is 2.16. The normalized spacial score (nSPS) is 14.6. The molecule has 0 radical (unpaired) electrons. The summed E-state index contributed by atoms with van der Waals surface area (Å²) >= 11 is 0. The van der Waals surface area contributed by atoms with E-state index in [9.17, 15) is 0 Å². The van der Waals surface area contributed by atoms with Gasteiger partial charge in [0.05, 0.1) is 6.61 Å². The molecule has 1 unspecified atom stereocenters. The Balaban J connectivity index is 2.56. The number of rotatable bonds is 5. The fourth-order valence-corrected chi connectivity index (χ4v) is 1.50. The summed E-state index contributed by atoms with van der Waals surface area (Å²) in [5, 5.41) is 9.08. The summed E-state index contributed by atoms with van der Waals surface area (Å²) in [6.45, 7) is 4.82. The molecule has 0 aliphatic heterocycles. The monoisotopic (exact) mass is 222 g/mol. The number of aliphatic hydroxyl groups is 1. The van der Waals surface area contributed by atoms with Crippen molar-refractivity contribution in [1.29, 1.82) is 0 Å². The number of hydrogen-bond donors (Lipinski definition) is 2. The molecule has 0 aliphatic rings. The van der Waals surface area contributed by atoms with Gasteiger partial charge in [0.1, 0.15) is 0 Å². The van der Waals surface area contributed by atoms with Crippen LogP contribution in [-0.4, -0.2) is 30.8 Å². The summed E-state index contributed by atoms with van der Waals surface area (Å²) < 4.78 is 0. The molecule has 1 aromatic carbocycles. The van der Waals surface area contributed by atoms with E-state index in [4.69, 9.17) is 10.8 Å².